The molecule has 1 N–H and O–H groups in total. The van der Waals surface area contributed by atoms with Gasteiger partial charge >= 0.3 is 0 Å². The molecule has 2 heterocycles. The molecule has 0 bridgehead atoms. The summed E-state index contributed by atoms with van der Waals surface area (Å²) in [6, 6.07) is 40.6. The standard InChI is InChI=1S/C43H34N2O3/c1-26-16-18-27(19-17-26)28-23-35(33-13-9-12-32-31-10-6-8-15-38(31)47-41(32)33)40-39(24-28)48-42(45-40)34-11-5-7-14-36(34)44-25-29-22-30(43(2,3)4)20-21-37(29)46/h5-25,46H,1-4H3. The fraction of sp³-hybridized carbons (Fsp3) is 0.116. The highest BCUT2D eigenvalue weighted by atomic mass is 16.3. The molecule has 0 saturated heterocycles. The van der Waals surface area contributed by atoms with Crippen LogP contribution in [0.1, 0.15) is 37.5 Å². The lowest BCUT2D eigenvalue weighted by Crippen LogP contribution is -2.11. The van der Waals surface area contributed by atoms with Crippen molar-refractivity contribution in [2.45, 2.75) is 33.1 Å². The van der Waals surface area contributed by atoms with Crippen LogP contribution in [-0.4, -0.2) is 16.3 Å². The zero-order valence-corrected chi connectivity index (χ0v) is 27.3. The first-order valence-corrected chi connectivity index (χ1v) is 16.1. The fourth-order valence-electron chi connectivity index (χ4n) is 6.25. The number of para-hydroxylation sites is 3. The Bertz CT molecular complexity index is 2510. The van der Waals surface area contributed by atoms with Crippen molar-refractivity contribution >= 4 is 44.9 Å². The molecule has 0 atom stereocenters. The number of hydrogen-bond donors (Lipinski definition) is 1. The number of fused-ring (bicyclic) bond motifs is 4. The minimum atomic E-state index is -0.0613. The van der Waals surface area contributed by atoms with E-state index in [1.807, 2.05) is 54.6 Å². The predicted octanol–water partition coefficient (Wildman–Crippen LogP) is 11.8. The summed E-state index contributed by atoms with van der Waals surface area (Å²) in [6.07, 6.45) is 1.70. The molecule has 48 heavy (non-hydrogen) atoms. The van der Waals surface area contributed by atoms with Gasteiger partial charge in [0.2, 0.25) is 5.89 Å². The average molecular weight is 627 g/mol. The number of rotatable bonds is 5. The molecule has 0 unspecified atom stereocenters. The molecular formula is C43H34N2O3. The number of aromatic hydroxyl groups is 1. The summed E-state index contributed by atoms with van der Waals surface area (Å²) in [5, 5.41) is 12.8. The van der Waals surface area contributed by atoms with Gasteiger partial charge in [0.05, 0.1) is 11.3 Å². The first kappa shape index (κ1) is 29.5. The number of nitrogens with zero attached hydrogens (tertiary/aromatic N) is 2. The maximum absolute atomic E-state index is 10.6. The van der Waals surface area contributed by atoms with Gasteiger partial charge in [-0.25, -0.2) is 4.98 Å². The number of phenols is 1. The highest BCUT2D eigenvalue weighted by Crippen LogP contribution is 2.42. The monoisotopic (exact) mass is 626 g/mol. The van der Waals surface area contributed by atoms with Crippen molar-refractivity contribution in [3.05, 3.63) is 138 Å². The van der Waals surface area contributed by atoms with Crippen molar-refractivity contribution in [1.29, 1.82) is 0 Å². The van der Waals surface area contributed by atoms with E-state index in [4.69, 9.17) is 18.8 Å². The third-order valence-electron chi connectivity index (χ3n) is 8.95. The highest BCUT2D eigenvalue weighted by Gasteiger charge is 2.21. The van der Waals surface area contributed by atoms with Crippen molar-refractivity contribution in [3.8, 4) is 39.5 Å². The van der Waals surface area contributed by atoms with Crippen LogP contribution in [0.5, 0.6) is 5.75 Å². The number of hydrogen-bond acceptors (Lipinski definition) is 5. The average Bonchev–Trinajstić information content (AvgIpc) is 3.69. The minimum Gasteiger partial charge on any atom is -0.507 e. The fourth-order valence-corrected chi connectivity index (χ4v) is 6.25. The Morgan fingerprint density at radius 1 is 0.667 bits per heavy atom. The summed E-state index contributed by atoms with van der Waals surface area (Å²) in [5.74, 6) is 0.642. The SMILES string of the molecule is Cc1ccc(-c2cc(-c3cccc4c3oc3ccccc34)c3nc(-c4ccccc4N=Cc4cc(C(C)(C)C)ccc4O)oc3c2)cc1. The molecule has 0 amide bonds. The summed E-state index contributed by atoms with van der Waals surface area (Å²) in [6.45, 7) is 8.54. The second-order valence-corrected chi connectivity index (χ2v) is 13.3. The third-order valence-corrected chi connectivity index (χ3v) is 8.95. The molecule has 0 spiro atoms. The van der Waals surface area contributed by atoms with Gasteiger partial charge < -0.3 is 13.9 Å². The molecule has 0 aliphatic rings. The number of aromatic nitrogens is 1. The number of aliphatic imine (C=N–C) groups is 1. The largest absolute Gasteiger partial charge is 0.507 e. The van der Waals surface area contributed by atoms with Crippen LogP contribution in [0.15, 0.2) is 135 Å². The molecule has 0 aliphatic heterocycles. The first-order valence-electron chi connectivity index (χ1n) is 16.1. The molecule has 234 valence electrons. The van der Waals surface area contributed by atoms with Gasteiger partial charge in [0.15, 0.2) is 5.58 Å². The van der Waals surface area contributed by atoms with Gasteiger partial charge in [-0.15, -0.1) is 0 Å². The van der Waals surface area contributed by atoms with Crippen LogP contribution in [0.3, 0.4) is 0 Å². The molecule has 8 rings (SSSR count). The number of phenolic OH excluding ortho intramolecular Hbond substituents is 1. The Morgan fingerprint density at radius 2 is 1.42 bits per heavy atom. The van der Waals surface area contributed by atoms with E-state index in [9.17, 15) is 5.11 Å². The number of furan rings is 1. The van der Waals surface area contributed by atoms with Gasteiger partial charge in [0.25, 0.3) is 0 Å². The van der Waals surface area contributed by atoms with Crippen LogP contribution >= 0.6 is 0 Å². The van der Waals surface area contributed by atoms with Gasteiger partial charge in [0, 0.05) is 33.7 Å². The van der Waals surface area contributed by atoms with E-state index in [-0.39, 0.29) is 11.2 Å². The van der Waals surface area contributed by atoms with E-state index in [2.05, 4.69) is 88.4 Å². The van der Waals surface area contributed by atoms with Gasteiger partial charge in [0.1, 0.15) is 22.4 Å². The highest BCUT2D eigenvalue weighted by molar-refractivity contribution is 6.12. The quantitative estimate of drug-likeness (QED) is 0.193. The second-order valence-electron chi connectivity index (χ2n) is 13.3. The third kappa shape index (κ3) is 5.23. The Labute approximate surface area is 278 Å². The zero-order valence-electron chi connectivity index (χ0n) is 27.3. The Hall–Kier alpha value is -5.94. The molecule has 0 fully saturated rings. The summed E-state index contributed by atoms with van der Waals surface area (Å²) in [5.41, 5.74) is 11.4. The summed E-state index contributed by atoms with van der Waals surface area (Å²) in [7, 11) is 0. The molecule has 0 saturated carbocycles. The lowest BCUT2D eigenvalue weighted by atomic mass is 9.86. The topological polar surface area (TPSA) is 71.8 Å². The van der Waals surface area contributed by atoms with Crippen molar-refractivity contribution in [2.24, 2.45) is 4.99 Å². The van der Waals surface area contributed by atoms with E-state index >= 15 is 0 Å². The Kier molecular flexibility index (Phi) is 6.99. The van der Waals surface area contributed by atoms with Gasteiger partial charge in [-0.3, -0.25) is 4.99 Å². The zero-order chi connectivity index (χ0) is 33.0. The molecule has 6 aromatic carbocycles. The van der Waals surface area contributed by atoms with Crippen molar-refractivity contribution in [2.75, 3.05) is 0 Å². The van der Waals surface area contributed by atoms with Gasteiger partial charge in [-0.05, 0) is 71.5 Å². The Balaban J connectivity index is 1.31. The van der Waals surface area contributed by atoms with E-state index in [0.717, 1.165) is 60.8 Å². The lowest BCUT2D eigenvalue weighted by Gasteiger charge is -2.19. The van der Waals surface area contributed by atoms with Crippen LogP contribution in [0.4, 0.5) is 5.69 Å². The number of oxazole rings is 1. The van der Waals surface area contributed by atoms with Crippen LogP contribution in [0.2, 0.25) is 0 Å². The van der Waals surface area contributed by atoms with Crippen LogP contribution in [0, 0.1) is 6.92 Å². The van der Waals surface area contributed by atoms with Crippen LogP contribution in [-0.2, 0) is 5.41 Å². The maximum atomic E-state index is 10.6. The lowest BCUT2D eigenvalue weighted by molar-refractivity contribution is 0.473. The minimum absolute atomic E-state index is 0.0613. The maximum Gasteiger partial charge on any atom is 0.229 e. The second kappa shape index (κ2) is 11.4. The summed E-state index contributed by atoms with van der Waals surface area (Å²) >= 11 is 0. The van der Waals surface area contributed by atoms with E-state index in [1.54, 1.807) is 12.3 Å². The molecular weight excluding hydrogens is 592 g/mol. The van der Waals surface area contributed by atoms with E-state index in [0.29, 0.717) is 22.7 Å². The molecule has 2 aromatic heterocycles. The van der Waals surface area contributed by atoms with Crippen LogP contribution < -0.4 is 0 Å². The summed E-state index contributed by atoms with van der Waals surface area (Å²) in [4.78, 5) is 9.94. The number of aryl methyl sites for hydroxylation is 1. The van der Waals surface area contributed by atoms with Crippen molar-refractivity contribution < 1.29 is 13.9 Å². The smallest absolute Gasteiger partial charge is 0.229 e. The van der Waals surface area contributed by atoms with Crippen molar-refractivity contribution in [1.82, 2.24) is 4.98 Å². The number of benzene rings is 6. The molecule has 8 aromatic rings. The van der Waals surface area contributed by atoms with E-state index in [1.165, 1.54) is 5.56 Å². The predicted molar refractivity (Wildman–Crippen MR) is 196 cm³/mol. The first-order chi connectivity index (χ1) is 23.2. The molecule has 0 aliphatic carbocycles. The molecule has 0 radical (unpaired) electrons. The molecule has 5 nitrogen and oxygen atoms in total. The van der Waals surface area contributed by atoms with Gasteiger partial charge in [-0.2, -0.15) is 0 Å². The Morgan fingerprint density at radius 3 is 2.25 bits per heavy atom. The van der Waals surface area contributed by atoms with E-state index < -0.39 is 0 Å². The summed E-state index contributed by atoms with van der Waals surface area (Å²) < 4.78 is 13.1. The normalized spacial score (nSPS) is 12.2. The van der Waals surface area contributed by atoms with Gasteiger partial charge in [-0.1, -0.05) is 105 Å². The molecule has 5 heteroatoms. The van der Waals surface area contributed by atoms with Crippen molar-refractivity contribution in [3.63, 3.8) is 0 Å². The van der Waals surface area contributed by atoms with Crippen LogP contribution in [0.25, 0.3) is 66.7 Å².